The van der Waals surface area contributed by atoms with Gasteiger partial charge in [-0.25, -0.2) is 4.98 Å². The molecule has 4 heteroatoms. The van der Waals surface area contributed by atoms with Crippen LogP contribution in [0.2, 0.25) is 0 Å². The van der Waals surface area contributed by atoms with Crippen LogP contribution in [-0.2, 0) is 4.79 Å². The maximum Gasteiger partial charge on any atom is 0.232 e. The highest BCUT2D eigenvalue weighted by Crippen LogP contribution is 2.27. The fourth-order valence-electron chi connectivity index (χ4n) is 3.07. The Bertz CT molecular complexity index is 721. The predicted octanol–water partition coefficient (Wildman–Crippen LogP) is 3.87. The quantitative estimate of drug-likeness (QED) is 0.806. The van der Waals surface area contributed by atoms with Crippen molar-refractivity contribution in [1.29, 1.82) is 0 Å². The van der Waals surface area contributed by atoms with Gasteiger partial charge in [0.15, 0.2) is 0 Å². The molecule has 3 nitrogen and oxygen atoms in total. The van der Waals surface area contributed by atoms with Crippen LogP contribution in [0.1, 0.15) is 29.5 Å². The van der Waals surface area contributed by atoms with Crippen LogP contribution in [0.15, 0.2) is 23.2 Å². The lowest BCUT2D eigenvalue weighted by Crippen LogP contribution is -2.29. The van der Waals surface area contributed by atoms with E-state index in [0.717, 1.165) is 42.0 Å². The van der Waals surface area contributed by atoms with Crippen molar-refractivity contribution < 1.29 is 4.79 Å². The average molecular weight is 314 g/mol. The molecular formula is C18H22N2OS. The van der Waals surface area contributed by atoms with E-state index in [1.165, 1.54) is 16.5 Å². The van der Waals surface area contributed by atoms with Crippen molar-refractivity contribution >= 4 is 28.6 Å². The lowest BCUT2D eigenvalue weighted by molar-refractivity contribution is -0.127. The van der Waals surface area contributed by atoms with Gasteiger partial charge in [0.05, 0.1) is 11.3 Å². The van der Waals surface area contributed by atoms with Crippen LogP contribution in [0.4, 0.5) is 0 Å². The molecule has 0 bridgehead atoms. The van der Waals surface area contributed by atoms with E-state index in [2.05, 4.69) is 39.0 Å². The van der Waals surface area contributed by atoms with Crippen LogP contribution in [0.25, 0.3) is 10.9 Å². The van der Waals surface area contributed by atoms with Crippen LogP contribution in [0.3, 0.4) is 0 Å². The number of rotatable bonds is 3. The third-order valence-corrected chi connectivity index (χ3v) is 5.27. The number of likely N-dealkylation sites (tertiary alicyclic amines) is 1. The Morgan fingerprint density at radius 3 is 2.59 bits per heavy atom. The summed E-state index contributed by atoms with van der Waals surface area (Å²) in [5.74, 6) is 0.731. The topological polar surface area (TPSA) is 33.2 Å². The average Bonchev–Trinajstić information content (AvgIpc) is 2.99. The van der Waals surface area contributed by atoms with Gasteiger partial charge < -0.3 is 4.90 Å². The fourth-order valence-corrected chi connectivity index (χ4v) is 3.96. The second-order valence-corrected chi connectivity index (χ2v) is 7.10. The summed E-state index contributed by atoms with van der Waals surface area (Å²) in [6, 6.07) is 6.52. The molecule has 0 spiro atoms. The maximum atomic E-state index is 12.2. The van der Waals surface area contributed by atoms with E-state index in [0.29, 0.717) is 5.75 Å². The molecule has 1 aromatic heterocycles. The summed E-state index contributed by atoms with van der Waals surface area (Å²) in [5.41, 5.74) is 4.66. The van der Waals surface area contributed by atoms with Gasteiger partial charge in [-0.1, -0.05) is 23.4 Å². The monoisotopic (exact) mass is 314 g/mol. The molecule has 2 aromatic rings. The number of hydrogen-bond acceptors (Lipinski definition) is 3. The van der Waals surface area contributed by atoms with Gasteiger partial charge >= 0.3 is 0 Å². The van der Waals surface area contributed by atoms with Crippen molar-refractivity contribution in [3.8, 4) is 0 Å². The van der Waals surface area contributed by atoms with Gasteiger partial charge in [0, 0.05) is 18.5 Å². The SMILES string of the molecule is Cc1cc(C)c2nc(SCC(=O)N3CCCC3)c(C)cc2c1. The fraction of sp³-hybridized carbons (Fsp3) is 0.444. The molecule has 1 aromatic carbocycles. The highest BCUT2D eigenvalue weighted by atomic mass is 32.2. The van der Waals surface area contributed by atoms with Gasteiger partial charge in [0.2, 0.25) is 5.91 Å². The Morgan fingerprint density at radius 2 is 1.86 bits per heavy atom. The lowest BCUT2D eigenvalue weighted by Gasteiger charge is -2.15. The van der Waals surface area contributed by atoms with Gasteiger partial charge in [0.25, 0.3) is 0 Å². The van der Waals surface area contributed by atoms with Gasteiger partial charge in [-0.3, -0.25) is 4.79 Å². The molecule has 0 saturated carbocycles. The molecule has 0 unspecified atom stereocenters. The van der Waals surface area contributed by atoms with Gasteiger partial charge in [-0.2, -0.15) is 0 Å². The summed E-state index contributed by atoms with van der Waals surface area (Å²) in [7, 11) is 0. The molecule has 3 rings (SSSR count). The lowest BCUT2D eigenvalue weighted by atomic mass is 10.1. The molecule has 1 aliphatic heterocycles. The molecule has 22 heavy (non-hydrogen) atoms. The summed E-state index contributed by atoms with van der Waals surface area (Å²) in [5, 5.41) is 2.16. The number of nitrogens with zero attached hydrogens (tertiary/aromatic N) is 2. The van der Waals surface area contributed by atoms with E-state index in [1.54, 1.807) is 11.8 Å². The van der Waals surface area contributed by atoms with Gasteiger partial charge in [-0.05, 0) is 56.9 Å². The van der Waals surface area contributed by atoms with E-state index in [9.17, 15) is 4.79 Å². The third-order valence-electron chi connectivity index (χ3n) is 4.19. The van der Waals surface area contributed by atoms with Crippen molar-refractivity contribution in [3.05, 3.63) is 34.9 Å². The Kier molecular flexibility index (Phi) is 4.39. The van der Waals surface area contributed by atoms with E-state index < -0.39 is 0 Å². The first kappa shape index (κ1) is 15.3. The molecule has 2 heterocycles. The first-order valence-corrected chi connectivity index (χ1v) is 8.82. The largest absolute Gasteiger partial charge is 0.342 e. The zero-order valence-electron chi connectivity index (χ0n) is 13.5. The summed E-state index contributed by atoms with van der Waals surface area (Å²) in [6.07, 6.45) is 2.28. The number of hydrogen-bond donors (Lipinski definition) is 0. The number of amides is 1. The van der Waals surface area contributed by atoms with Crippen LogP contribution >= 0.6 is 11.8 Å². The molecular weight excluding hydrogens is 292 g/mol. The van der Waals surface area contributed by atoms with Crippen LogP contribution < -0.4 is 0 Å². The molecule has 1 fully saturated rings. The molecule has 0 atom stereocenters. The Hall–Kier alpha value is -1.55. The number of benzene rings is 1. The minimum atomic E-state index is 0.240. The summed E-state index contributed by atoms with van der Waals surface area (Å²) >= 11 is 1.57. The third kappa shape index (κ3) is 3.12. The summed E-state index contributed by atoms with van der Waals surface area (Å²) in [6.45, 7) is 8.12. The number of aromatic nitrogens is 1. The number of thioether (sulfide) groups is 1. The molecule has 1 aliphatic rings. The zero-order chi connectivity index (χ0) is 15.7. The first-order chi connectivity index (χ1) is 10.5. The number of pyridine rings is 1. The van der Waals surface area contributed by atoms with Crippen molar-refractivity contribution in [2.45, 2.75) is 38.6 Å². The van der Waals surface area contributed by atoms with Gasteiger partial charge in [-0.15, -0.1) is 0 Å². The van der Waals surface area contributed by atoms with Crippen molar-refractivity contribution in [2.24, 2.45) is 0 Å². The molecule has 0 N–H and O–H groups in total. The van der Waals surface area contributed by atoms with Gasteiger partial charge in [0.1, 0.15) is 5.03 Å². The molecule has 116 valence electrons. The van der Waals surface area contributed by atoms with E-state index in [1.807, 2.05) is 4.90 Å². The number of carbonyl (C=O) groups excluding carboxylic acids is 1. The molecule has 0 aliphatic carbocycles. The Morgan fingerprint density at radius 1 is 1.14 bits per heavy atom. The minimum Gasteiger partial charge on any atom is -0.342 e. The number of aryl methyl sites for hydroxylation is 3. The van der Waals surface area contributed by atoms with Crippen LogP contribution in [0, 0.1) is 20.8 Å². The standard InChI is InChI=1S/C18H22N2OS/c1-12-8-13(2)17-15(9-12)10-14(3)18(19-17)22-11-16(21)20-6-4-5-7-20/h8-10H,4-7,11H2,1-3H3. The Balaban J connectivity index is 1.81. The number of carbonyl (C=O) groups is 1. The molecule has 0 radical (unpaired) electrons. The highest BCUT2D eigenvalue weighted by Gasteiger charge is 2.18. The zero-order valence-corrected chi connectivity index (χ0v) is 14.3. The summed E-state index contributed by atoms with van der Waals surface area (Å²) in [4.78, 5) is 19.0. The minimum absolute atomic E-state index is 0.240. The maximum absolute atomic E-state index is 12.2. The summed E-state index contributed by atoms with van der Waals surface area (Å²) < 4.78 is 0. The second kappa shape index (κ2) is 6.29. The van der Waals surface area contributed by atoms with E-state index in [-0.39, 0.29) is 5.91 Å². The highest BCUT2D eigenvalue weighted by molar-refractivity contribution is 7.99. The Labute approximate surface area is 136 Å². The molecule has 1 amide bonds. The number of fused-ring (bicyclic) bond motifs is 1. The second-order valence-electron chi connectivity index (χ2n) is 6.14. The molecule has 1 saturated heterocycles. The van der Waals surface area contributed by atoms with Crippen LogP contribution in [0.5, 0.6) is 0 Å². The predicted molar refractivity (Wildman–Crippen MR) is 92.5 cm³/mol. The van der Waals surface area contributed by atoms with Crippen LogP contribution in [-0.4, -0.2) is 34.6 Å². The van der Waals surface area contributed by atoms with Crippen molar-refractivity contribution in [2.75, 3.05) is 18.8 Å². The normalized spacial score (nSPS) is 14.8. The van der Waals surface area contributed by atoms with E-state index >= 15 is 0 Å². The van der Waals surface area contributed by atoms with Crippen molar-refractivity contribution in [3.63, 3.8) is 0 Å². The van der Waals surface area contributed by atoms with Crippen molar-refractivity contribution in [1.82, 2.24) is 9.88 Å². The van der Waals surface area contributed by atoms with E-state index in [4.69, 9.17) is 4.98 Å². The smallest absolute Gasteiger partial charge is 0.232 e. The first-order valence-electron chi connectivity index (χ1n) is 7.84.